The van der Waals surface area contributed by atoms with Crippen molar-refractivity contribution in [3.8, 4) is 0 Å². The van der Waals surface area contributed by atoms with Crippen LogP contribution in [-0.2, 0) is 10.2 Å². The van der Waals surface area contributed by atoms with E-state index < -0.39 is 0 Å². The highest BCUT2D eigenvalue weighted by Crippen LogP contribution is 2.30. The summed E-state index contributed by atoms with van der Waals surface area (Å²) in [4.78, 5) is 20.3. The summed E-state index contributed by atoms with van der Waals surface area (Å²) in [5.41, 5.74) is 2.01. The molecule has 2 rings (SSSR count). The average molecular weight is 495 g/mol. The lowest BCUT2D eigenvalue weighted by atomic mass is 9.76. The number of hydrogen-bond donors (Lipinski definition) is 3. The fraction of sp³-hybridized carbons (Fsp3) is 0.381. The minimum Gasteiger partial charge on any atom is -0.356 e. The van der Waals surface area contributed by atoms with Crippen LogP contribution < -0.4 is 16.0 Å². The molecule has 7 heteroatoms. The number of carbonyl (C=O) groups is 1. The van der Waals surface area contributed by atoms with Crippen molar-refractivity contribution in [2.45, 2.75) is 32.1 Å². The number of aliphatic imine (C=N–C) groups is 1. The zero-order chi connectivity index (χ0) is 19.5. The number of nitrogens with zero attached hydrogens (tertiary/aromatic N) is 2. The van der Waals surface area contributed by atoms with Gasteiger partial charge in [-0.25, -0.2) is 0 Å². The number of halogens is 1. The highest BCUT2D eigenvalue weighted by molar-refractivity contribution is 14.0. The van der Waals surface area contributed by atoms with Crippen LogP contribution in [0.1, 0.15) is 32.3 Å². The Morgan fingerprint density at radius 1 is 1.07 bits per heavy atom. The molecule has 0 aliphatic rings. The lowest BCUT2D eigenvalue weighted by Gasteiger charge is -2.33. The summed E-state index contributed by atoms with van der Waals surface area (Å²) in [6.45, 7) is 5.28. The smallest absolute Gasteiger partial charge is 0.243 e. The molecule has 1 amide bonds. The van der Waals surface area contributed by atoms with E-state index in [0.29, 0.717) is 11.6 Å². The predicted octanol–water partition coefficient (Wildman–Crippen LogP) is 3.56. The van der Waals surface area contributed by atoms with Gasteiger partial charge in [0.05, 0.1) is 18.4 Å². The van der Waals surface area contributed by atoms with Gasteiger partial charge in [0.1, 0.15) is 0 Å². The zero-order valence-corrected chi connectivity index (χ0v) is 19.1. The van der Waals surface area contributed by atoms with E-state index in [0.717, 1.165) is 19.4 Å². The molecule has 0 bridgehead atoms. The quantitative estimate of drug-likeness (QED) is 0.297. The second kappa shape index (κ2) is 12.3. The standard InChI is InChI=1S/C21H29N5O.HI/c1-4-21(5-2,17-10-7-6-8-11-17)16-25-20(22-3)24-15-19(27)26-18-12-9-13-23-14-18;/h6-14H,4-5,15-16H2,1-3H3,(H,26,27)(H2,22,24,25);1H. The van der Waals surface area contributed by atoms with Crippen LogP contribution in [-0.4, -0.2) is 37.0 Å². The Balaban J connectivity index is 0.00000392. The van der Waals surface area contributed by atoms with Crippen LogP contribution in [0.15, 0.2) is 59.9 Å². The Hall–Kier alpha value is -2.16. The molecule has 0 atom stereocenters. The van der Waals surface area contributed by atoms with Gasteiger partial charge in [0, 0.05) is 25.2 Å². The van der Waals surface area contributed by atoms with E-state index in [1.165, 1.54) is 5.56 Å². The summed E-state index contributed by atoms with van der Waals surface area (Å²) in [7, 11) is 1.70. The first kappa shape index (κ1) is 23.9. The van der Waals surface area contributed by atoms with Gasteiger partial charge < -0.3 is 16.0 Å². The van der Waals surface area contributed by atoms with Crippen molar-refractivity contribution in [3.63, 3.8) is 0 Å². The Morgan fingerprint density at radius 2 is 1.79 bits per heavy atom. The van der Waals surface area contributed by atoms with Crippen LogP contribution >= 0.6 is 24.0 Å². The minimum absolute atomic E-state index is 0. The second-order valence-electron chi connectivity index (χ2n) is 6.42. The normalized spacial score (nSPS) is 11.3. The van der Waals surface area contributed by atoms with Crippen molar-refractivity contribution in [2.75, 3.05) is 25.5 Å². The Bertz CT molecular complexity index is 733. The first-order valence-electron chi connectivity index (χ1n) is 9.33. The molecule has 1 aromatic heterocycles. The van der Waals surface area contributed by atoms with Crippen LogP contribution in [0.2, 0.25) is 0 Å². The number of amides is 1. The summed E-state index contributed by atoms with van der Waals surface area (Å²) in [5, 5.41) is 9.24. The van der Waals surface area contributed by atoms with Crippen LogP contribution in [0.5, 0.6) is 0 Å². The van der Waals surface area contributed by atoms with Gasteiger partial charge >= 0.3 is 0 Å². The summed E-state index contributed by atoms with van der Waals surface area (Å²) < 4.78 is 0. The molecular formula is C21H30IN5O. The fourth-order valence-corrected chi connectivity index (χ4v) is 3.08. The first-order chi connectivity index (χ1) is 13.1. The maximum atomic E-state index is 12.1. The number of aromatic nitrogens is 1. The molecule has 0 saturated heterocycles. The number of hydrogen-bond acceptors (Lipinski definition) is 3. The molecule has 28 heavy (non-hydrogen) atoms. The van der Waals surface area contributed by atoms with Gasteiger partial charge in [-0.05, 0) is 30.5 Å². The molecule has 2 aromatic rings. The van der Waals surface area contributed by atoms with E-state index in [-0.39, 0.29) is 41.8 Å². The number of anilines is 1. The average Bonchev–Trinajstić information content (AvgIpc) is 2.72. The number of benzene rings is 1. The molecule has 6 nitrogen and oxygen atoms in total. The highest BCUT2D eigenvalue weighted by atomic mass is 127. The third kappa shape index (κ3) is 6.78. The number of guanidine groups is 1. The lowest BCUT2D eigenvalue weighted by Crippen LogP contribution is -2.47. The van der Waals surface area contributed by atoms with E-state index in [4.69, 9.17) is 0 Å². The monoisotopic (exact) mass is 495 g/mol. The van der Waals surface area contributed by atoms with E-state index >= 15 is 0 Å². The lowest BCUT2D eigenvalue weighted by molar-refractivity contribution is -0.115. The molecule has 1 aromatic carbocycles. The van der Waals surface area contributed by atoms with E-state index in [1.54, 1.807) is 31.6 Å². The van der Waals surface area contributed by atoms with Gasteiger partial charge in [0.2, 0.25) is 5.91 Å². The number of rotatable bonds is 8. The number of nitrogens with one attached hydrogen (secondary N) is 3. The van der Waals surface area contributed by atoms with Crippen LogP contribution in [0, 0.1) is 0 Å². The minimum atomic E-state index is -0.147. The van der Waals surface area contributed by atoms with Crippen LogP contribution in [0.25, 0.3) is 0 Å². The molecule has 0 radical (unpaired) electrons. The molecule has 3 N–H and O–H groups in total. The van der Waals surface area contributed by atoms with Crippen molar-refractivity contribution in [2.24, 2.45) is 4.99 Å². The SMILES string of the molecule is CCC(CC)(CNC(=NC)NCC(=O)Nc1cccnc1)c1ccccc1.I. The predicted molar refractivity (Wildman–Crippen MR) is 126 cm³/mol. The van der Waals surface area contributed by atoms with Crippen molar-refractivity contribution in [1.82, 2.24) is 15.6 Å². The molecule has 152 valence electrons. The third-order valence-electron chi connectivity index (χ3n) is 4.92. The third-order valence-corrected chi connectivity index (χ3v) is 4.92. The first-order valence-corrected chi connectivity index (χ1v) is 9.33. The fourth-order valence-electron chi connectivity index (χ4n) is 3.08. The van der Waals surface area contributed by atoms with Crippen LogP contribution in [0.4, 0.5) is 5.69 Å². The van der Waals surface area contributed by atoms with Gasteiger partial charge in [-0.3, -0.25) is 14.8 Å². The van der Waals surface area contributed by atoms with E-state index in [9.17, 15) is 4.79 Å². The highest BCUT2D eigenvalue weighted by Gasteiger charge is 2.28. The van der Waals surface area contributed by atoms with Crippen molar-refractivity contribution < 1.29 is 4.79 Å². The summed E-state index contributed by atoms with van der Waals surface area (Å²) in [6, 6.07) is 14.1. The summed E-state index contributed by atoms with van der Waals surface area (Å²) in [6.07, 6.45) is 5.31. The molecule has 0 saturated carbocycles. The van der Waals surface area contributed by atoms with Crippen molar-refractivity contribution in [3.05, 3.63) is 60.4 Å². The molecular weight excluding hydrogens is 465 g/mol. The van der Waals surface area contributed by atoms with Crippen molar-refractivity contribution in [1.29, 1.82) is 0 Å². The molecule has 0 fully saturated rings. The van der Waals surface area contributed by atoms with Gasteiger partial charge in [0.15, 0.2) is 5.96 Å². The zero-order valence-electron chi connectivity index (χ0n) is 16.7. The molecule has 0 aliphatic carbocycles. The summed E-state index contributed by atoms with van der Waals surface area (Å²) >= 11 is 0. The Morgan fingerprint density at radius 3 is 2.36 bits per heavy atom. The molecule has 1 heterocycles. The molecule has 0 spiro atoms. The van der Waals surface area contributed by atoms with Gasteiger partial charge in [-0.15, -0.1) is 24.0 Å². The second-order valence-corrected chi connectivity index (χ2v) is 6.42. The van der Waals surface area contributed by atoms with Crippen molar-refractivity contribution >= 4 is 41.5 Å². The van der Waals surface area contributed by atoms with Gasteiger partial charge in [-0.2, -0.15) is 0 Å². The maximum absolute atomic E-state index is 12.1. The van der Waals surface area contributed by atoms with E-state index in [1.807, 2.05) is 6.07 Å². The number of pyridine rings is 1. The van der Waals surface area contributed by atoms with Gasteiger partial charge in [0.25, 0.3) is 0 Å². The summed E-state index contributed by atoms with van der Waals surface area (Å²) in [5.74, 6) is 0.463. The van der Waals surface area contributed by atoms with Crippen LogP contribution in [0.3, 0.4) is 0 Å². The maximum Gasteiger partial charge on any atom is 0.243 e. The molecule has 0 unspecified atom stereocenters. The Labute approximate surface area is 184 Å². The topological polar surface area (TPSA) is 78.4 Å². The largest absolute Gasteiger partial charge is 0.356 e. The van der Waals surface area contributed by atoms with E-state index in [2.05, 4.69) is 64.0 Å². The number of carbonyl (C=O) groups excluding carboxylic acids is 1. The van der Waals surface area contributed by atoms with Gasteiger partial charge in [-0.1, -0.05) is 44.2 Å². The Kier molecular flexibility index (Phi) is 10.5. The molecule has 0 aliphatic heterocycles.